The fraction of sp³-hybridized carbons (Fsp3) is 0.538. The van der Waals surface area contributed by atoms with Crippen molar-refractivity contribution in [3.05, 3.63) is 48.5 Å². The first-order chi connectivity index (χ1) is 16.5. The summed E-state index contributed by atoms with van der Waals surface area (Å²) in [5.74, 6) is 0.217. The Balaban J connectivity index is 1.46. The number of carbonyl (C=O) groups excluding carboxylic acids is 1. The standard InChI is InChI=1S/C26H34FN5O2Si/c1-7-26-13-17(26)20(18(27)21(26)34-35(5,6)25(2,3)4)32-15-30-19-22(28-14-29-23(19)32)31-24(33)16-11-9-8-10-12-16/h8-12,14-15,17-18,20-21H,7,13H2,1-6H3,(H,28,29,31,33)/t17-,18+,20-,21+,26-/m1/s1. The van der Waals surface area contributed by atoms with E-state index in [4.69, 9.17) is 4.43 Å². The predicted molar refractivity (Wildman–Crippen MR) is 137 cm³/mol. The Hall–Kier alpha value is -2.65. The Morgan fingerprint density at radius 3 is 2.60 bits per heavy atom. The van der Waals surface area contributed by atoms with Crippen LogP contribution in [0.5, 0.6) is 0 Å². The zero-order chi connectivity index (χ0) is 25.2. The highest BCUT2D eigenvalue weighted by Crippen LogP contribution is 2.71. The molecule has 2 saturated carbocycles. The molecule has 9 heteroatoms. The van der Waals surface area contributed by atoms with Crippen LogP contribution >= 0.6 is 0 Å². The fourth-order valence-electron chi connectivity index (χ4n) is 5.42. The molecule has 2 fully saturated rings. The van der Waals surface area contributed by atoms with Gasteiger partial charge in [0.1, 0.15) is 12.5 Å². The Morgan fingerprint density at radius 2 is 1.94 bits per heavy atom. The molecule has 186 valence electrons. The quantitative estimate of drug-likeness (QED) is 0.439. The van der Waals surface area contributed by atoms with Gasteiger partial charge in [-0.15, -0.1) is 0 Å². The average Bonchev–Trinajstić information content (AvgIpc) is 3.31. The second-order valence-corrected chi connectivity index (χ2v) is 16.3. The molecular weight excluding hydrogens is 461 g/mol. The van der Waals surface area contributed by atoms with Crippen molar-refractivity contribution < 1.29 is 13.6 Å². The Bertz CT molecular complexity index is 1260. The highest BCUT2D eigenvalue weighted by atomic mass is 28.4. The third kappa shape index (κ3) is 3.79. The highest BCUT2D eigenvalue weighted by Gasteiger charge is 2.72. The maximum Gasteiger partial charge on any atom is 0.256 e. The minimum atomic E-state index is -2.16. The molecule has 2 heterocycles. The number of nitrogens with one attached hydrogen (secondary N) is 1. The van der Waals surface area contributed by atoms with Gasteiger partial charge in [0.25, 0.3) is 5.91 Å². The van der Waals surface area contributed by atoms with E-state index in [1.165, 1.54) is 6.33 Å². The summed E-state index contributed by atoms with van der Waals surface area (Å²) in [5.41, 5.74) is 1.36. The summed E-state index contributed by atoms with van der Waals surface area (Å²) in [6.07, 6.45) is 3.27. The van der Waals surface area contributed by atoms with Crippen molar-refractivity contribution in [1.82, 2.24) is 19.5 Å². The van der Waals surface area contributed by atoms with Crippen molar-refractivity contribution >= 4 is 31.2 Å². The van der Waals surface area contributed by atoms with Crippen molar-refractivity contribution in [3.8, 4) is 0 Å². The number of hydrogen-bond donors (Lipinski definition) is 1. The fourth-order valence-corrected chi connectivity index (χ4v) is 6.77. The van der Waals surface area contributed by atoms with Crippen molar-refractivity contribution in [2.75, 3.05) is 5.32 Å². The number of aromatic nitrogens is 4. The summed E-state index contributed by atoms with van der Waals surface area (Å²) < 4.78 is 24.8. The minimum absolute atomic E-state index is 0.00487. The Kier molecular flexibility index (Phi) is 5.63. The summed E-state index contributed by atoms with van der Waals surface area (Å²) in [6.45, 7) is 13.1. The lowest BCUT2D eigenvalue weighted by atomic mass is 9.97. The molecule has 1 aromatic carbocycles. The number of alkyl halides is 1. The van der Waals surface area contributed by atoms with Crippen LogP contribution in [0.1, 0.15) is 56.9 Å². The monoisotopic (exact) mass is 495 g/mol. The van der Waals surface area contributed by atoms with Crippen molar-refractivity contribution in [1.29, 1.82) is 0 Å². The van der Waals surface area contributed by atoms with E-state index < -0.39 is 26.6 Å². The van der Waals surface area contributed by atoms with E-state index in [0.717, 1.165) is 12.8 Å². The van der Waals surface area contributed by atoms with Gasteiger partial charge in [0.2, 0.25) is 0 Å². The van der Waals surface area contributed by atoms with Crippen LogP contribution in [0.4, 0.5) is 10.2 Å². The second-order valence-electron chi connectivity index (χ2n) is 11.5. The van der Waals surface area contributed by atoms with E-state index in [1.54, 1.807) is 30.6 Å². The maximum atomic E-state index is 16.2. The number of fused-ring (bicyclic) bond motifs is 2. The van der Waals surface area contributed by atoms with Crippen molar-refractivity contribution in [3.63, 3.8) is 0 Å². The summed E-state index contributed by atoms with van der Waals surface area (Å²) in [7, 11) is -2.16. The molecule has 0 spiro atoms. The molecule has 0 aliphatic heterocycles. The maximum absolute atomic E-state index is 16.2. The minimum Gasteiger partial charge on any atom is -0.410 e. The molecule has 1 amide bonds. The Morgan fingerprint density at radius 1 is 1.23 bits per heavy atom. The molecule has 0 radical (unpaired) electrons. The van der Waals surface area contributed by atoms with Crippen LogP contribution in [0.3, 0.4) is 0 Å². The van der Waals surface area contributed by atoms with Crippen LogP contribution in [0.2, 0.25) is 18.1 Å². The first-order valence-corrected chi connectivity index (χ1v) is 15.3. The van der Waals surface area contributed by atoms with Gasteiger partial charge in [0.05, 0.1) is 18.5 Å². The SMILES string of the molecule is CC[C@@]12C[C@@H]1[C@@H](n1cnc3c(NC(=O)c4ccccc4)ncnc31)[C@H](F)[C@@H]2O[Si](C)(C)C(C)(C)C. The Labute approximate surface area is 206 Å². The molecule has 0 saturated heterocycles. The predicted octanol–water partition coefficient (Wildman–Crippen LogP) is 5.78. The molecule has 0 bridgehead atoms. The van der Waals surface area contributed by atoms with Gasteiger partial charge >= 0.3 is 0 Å². The number of imidazole rings is 1. The van der Waals surface area contributed by atoms with Crippen LogP contribution in [0.15, 0.2) is 43.0 Å². The lowest BCUT2D eigenvalue weighted by molar-refractivity contribution is 0.0389. The first kappa shape index (κ1) is 24.1. The van der Waals surface area contributed by atoms with Gasteiger partial charge in [-0.05, 0) is 49.0 Å². The van der Waals surface area contributed by atoms with Gasteiger partial charge in [-0.2, -0.15) is 0 Å². The summed E-state index contributed by atoms with van der Waals surface area (Å²) in [4.78, 5) is 25.9. The van der Waals surface area contributed by atoms with E-state index in [1.807, 2.05) is 10.6 Å². The molecule has 3 aromatic rings. The topological polar surface area (TPSA) is 81.9 Å². The lowest BCUT2D eigenvalue weighted by Crippen LogP contribution is -2.48. The second kappa shape index (κ2) is 8.20. The van der Waals surface area contributed by atoms with Gasteiger partial charge in [0.15, 0.2) is 25.3 Å². The number of rotatable bonds is 6. The number of nitrogens with zero attached hydrogens (tertiary/aromatic N) is 4. The number of anilines is 1. The van der Waals surface area contributed by atoms with E-state index >= 15 is 4.39 Å². The number of halogens is 1. The molecule has 2 aliphatic rings. The normalized spacial score (nSPS) is 28.2. The largest absolute Gasteiger partial charge is 0.410 e. The smallest absolute Gasteiger partial charge is 0.256 e. The number of amides is 1. The van der Waals surface area contributed by atoms with E-state index in [0.29, 0.717) is 22.5 Å². The van der Waals surface area contributed by atoms with Crippen LogP contribution in [-0.4, -0.2) is 46.0 Å². The van der Waals surface area contributed by atoms with Gasteiger partial charge in [0, 0.05) is 11.0 Å². The van der Waals surface area contributed by atoms with Crippen LogP contribution in [0.25, 0.3) is 11.2 Å². The lowest BCUT2D eigenvalue weighted by Gasteiger charge is -2.41. The molecular formula is C26H34FN5O2Si. The zero-order valence-corrected chi connectivity index (χ0v) is 22.2. The number of benzene rings is 1. The molecule has 7 nitrogen and oxygen atoms in total. The number of carbonyl (C=O) groups is 1. The third-order valence-electron chi connectivity index (χ3n) is 8.61. The van der Waals surface area contributed by atoms with Gasteiger partial charge in [-0.3, -0.25) is 4.79 Å². The summed E-state index contributed by atoms with van der Waals surface area (Å²) >= 11 is 0. The van der Waals surface area contributed by atoms with Gasteiger partial charge < -0.3 is 14.3 Å². The van der Waals surface area contributed by atoms with E-state index in [-0.39, 0.29) is 22.3 Å². The van der Waals surface area contributed by atoms with E-state index in [2.05, 4.69) is 61.1 Å². The molecule has 0 unspecified atom stereocenters. The molecule has 2 aromatic heterocycles. The van der Waals surface area contributed by atoms with Gasteiger partial charge in [-0.25, -0.2) is 19.3 Å². The summed E-state index contributed by atoms with van der Waals surface area (Å²) in [6, 6.07) is 8.53. The van der Waals surface area contributed by atoms with Crippen LogP contribution in [0, 0.1) is 11.3 Å². The highest BCUT2D eigenvalue weighted by molar-refractivity contribution is 6.74. The third-order valence-corrected chi connectivity index (χ3v) is 13.1. The van der Waals surface area contributed by atoms with Gasteiger partial charge in [-0.1, -0.05) is 45.9 Å². The summed E-state index contributed by atoms with van der Waals surface area (Å²) in [5, 5.41) is 2.84. The van der Waals surface area contributed by atoms with E-state index in [9.17, 15) is 4.79 Å². The van der Waals surface area contributed by atoms with Crippen LogP contribution in [-0.2, 0) is 4.43 Å². The molecule has 1 N–H and O–H groups in total. The molecule has 35 heavy (non-hydrogen) atoms. The van der Waals surface area contributed by atoms with Crippen LogP contribution < -0.4 is 5.32 Å². The number of hydrogen-bond acceptors (Lipinski definition) is 5. The molecule has 5 rings (SSSR count). The zero-order valence-electron chi connectivity index (χ0n) is 21.2. The molecule has 2 aliphatic carbocycles. The average molecular weight is 496 g/mol. The van der Waals surface area contributed by atoms with Crippen molar-refractivity contribution in [2.24, 2.45) is 11.3 Å². The van der Waals surface area contributed by atoms with Crippen molar-refractivity contribution in [2.45, 2.75) is 77.0 Å². The first-order valence-electron chi connectivity index (χ1n) is 12.4. The molecule has 5 atom stereocenters.